The number of anilines is 1. The van der Waals surface area contributed by atoms with Crippen LogP contribution < -0.4 is 4.31 Å². The second kappa shape index (κ2) is 5.55. The van der Waals surface area contributed by atoms with E-state index in [0.29, 0.717) is 12.6 Å². The van der Waals surface area contributed by atoms with Crippen molar-refractivity contribution in [3.63, 3.8) is 0 Å². The maximum Gasteiger partial charge on any atom is 0.145 e. The Labute approximate surface area is 139 Å². The molecule has 1 atom stereocenters. The van der Waals surface area contributed by atoms with Gasteiger partial charge in [0.1, 0.15) is 16.7 Å². The highest BCUT2D eigenvalue weighted by Crippen LogP contribution is 2.45. The Morgan fingerprint density at radius 3 is 2.57 bits per heavy atom. The van der Waals surface area contributed by atoms with Gasteiger partial charge < -0.3 is 9.29 Å². The third-order valence-corrected chi connectivity index (χ3v) is 6.83. The molecule has 1 unspecified atom stereocenters. The Morgan fingerprint density at radius 1 is 1.26 bits per heavy atom. The fraction of sp³-hybridized carbons (Fsp3) is 0.647. The Bertz CT molecular complexity index is 632. The number of hydrogen-bond acceptors (Lipinski definition) is 4. The monoisotopic (exact) mass is 336 g/mol. The summed E-state index contributed by atoms with van der Waals surface area (Å²) in [5.41, 5.74) is 2.12. The number of likely N-dealkylation sites (tertiary alicyclic amines) is 1. The van der Waals surface area contributed by atoms with Crippen LogP contribution in [0.25, 0.3) is 0 Å². The molecule has 4 rings (SSSR count). The number of ether oxygens (including phenoxy) is 1. The van der Waals surface area contributed by atoms with Crippen LogP contribution in [0.15, 0.2) is 24.3 Å². The van der Waals surface area contributed by atoms with Crippen molar-refractivity contribution in [2.45, 2.75) is 25.3 Å². The van der Waals surface area contributed by atoms with Crippen molar-refractivity contribution in [2.75, 3.05) is 43.4 Å². The zero-order chi connectivity index (χ0) is 16.1. The van der Waals surface area contributed by atoms with Crippen molar-refractivity contribution in [1.29, 1.82) is 0 Å². The van der Waals surface area contributed by atoms with Gasteiger partial charge in [0.2, 0.25) is 0 Å². The van der Waals surface area contributed by atoms with Crippen LogP contribution in [0.3, 0.4) is 0 Å². The number of piperidine rings is 1. The van der Waals surface area contributed by atoms with Crippen molar-refractivity contribution in [2.24, 2.45) is 5.41 Å². The number of benzene rings is 1. The Kier molecular flexibility index (Phi) is 3.76. The Morgan fingerprint density at radius 2 is 1.96 bits per heavy atom. The summed E-state index contributed by atoms with van der Waals surface area (Å²) in [5, 5.41) is 0. The number of fused-ring (bicyclic) bond motifs is 1. The van der Waals surface area contributed by atoms with Gasteiger partial charge in [-0.1, -0.05) is 22.4 Å². The maximum atomic E-state index is 12.3. The van der Waals surface area contributed by atoms with Gasteiger partial charge >= 0.3 is 0 Å². The molecule has 2 fully saturated rings. The van der Waals surface area contributed by atoms with Crippen LogP contribution in [0.4, 0.5) is 5.69 Å². The van der Waals surface area contributed by atoms with Gasteiger partial charge in [0.25, 0.3) is 0 Å². The Balaban J connectivity index is 1.58. The summed E-state index contributed by atoms with van der Waals surface area (Å²) in [4.78, 5) is 2.51. The number of nitrogens with zero attached hydrogens (tertiary/aromatic N) is 2. The van der Waals surface area contributed by atoms with Crippen LogP contribution in [0.1, 0.15) is 18.4 Å². The normalized spacial score (nSPS) is 27.3. The van der Waals surface area contributed by atoms with Crippen LogP contribution in [0.5, 0.6) is 0 Å². The molecule has 1 aromatic carbocycles. The van der Waals surface area contributed by atoms with Gasteiger partial charge in [0.05, 0.1) is 31.5 Å². The molecule has 0 amide bonds. The average molecular weight is 336 g/mol. The van der Waals surface area contributed by atoms with Gasteiger partial charge in [0, 0.05) is 0 Å². The molecular weight excluding hydrogens is 312 g/mol. The summed E-state index contributed by atoms with van der Waals surface area (Å²) in [6.07, 6.45) is 4.43. The third kappa shape index (κ3) is 2.82. The van der Waals surface area contributed by atoms with Crippen LogP contribution in [-0.4, -0.2) is 54.6 Å². The molecule has 0 bridgehead atoms. The molecule has 5 nitrogen and oxygen atoms in total. The highest BCUT2D eigenvalue weighted by atomic mass is 32.3. The highest BCUT2D eigenvalue weighted by molar-refractivity contribution is 7.98. The van der Waals surface area contributed by atoms with E-state index in [-0.39, 0.29) is 5.41 Å². The molecule has 2 saturated heterocycles. The van der Waals surface area contributed by atoms with Gasteiger partial charge in [-0.3, -0.25) is 4.90 Å². The lowest BCUT2D eigenvalue weighted by Gasteiger charge is -2.50. The van der Waals surface area contributed by atoms with Crippen molar-refractivity contribution >= 4 is 16.1 Å². The molecule has 6 heteroatoms. The van der Waals surface area contributed by atoms with E-state index in [0.717, 1.165) is 51.3 Å². The molecule has 0 radical (unpaired) electrons. The summed E-state index contributed by atoms with van der Waals surface area (Å²) in [6, 6.07) is 8.53. The molecule has 3 aliphatic heterocycles. The standard InChI is InChI=1S/C17H24N2O3S/c1-23(20,21)19-13-17(10-14-4-2-3-5-16(14)19)6-8-18(9-7-17)15-11-22-12-15/h2-5,15H,6-13H2,1H3. The SMILES string of the molecule is C[S+](=O)([O-])N1CC2(CCN(C3COC3)CC2)Cc2ccccc21. The second-order valence-corrected chi connectivity index (χ2v) is 9.21. The number of rotatable bonds is 2. The predicted octanol–water partition coefficient (Wildman–Crippen LogP) is 1.70. The minimum Gasteiger partial charge on any atom is -0.593 e. The summed E-state index contributed by atoms with van der Waals surface area (Å²) < 4.78 is 31.5. The molecule has 23 heavy (non-hydrogen) atoms. The van der Waals surface area contributed by atoms with E-state index in [1.54, 1.807) is 4.31 Å². The molecule has 0 aromatic heterocycles. The lowest BCUT2D eigenvalue weighted by Crippen LogP contribution is -2.57. The van der Waals surface area contributed by atoms with Gasteiger partial charge in [-0.2, -0.15) is 4.31 Å². The van der Waals surface area contributed by atoms with E-state index < -0.39 is 10.4 Å². The molecule has 3 heterocycles. The first-order chi connectivity index (χ1) is 11.0. The van der Waals surface area contributed by atoms with Gasteiger partial charge in [-0.15, -0.1) is 0 Å². The molecule has 0 N–H and O–H groups in total. The van der Waals surface area contributed by atoms with E-state index in [1.807, 2.05) is 18.2 Å². The van der Waals surface area contributed by atoms with E-state index in [2.05, 4.69) is 11.0 Å². The first kappa shape index (κ1) is 15.6. The fourth-order valence-corrected chi connectivity index (χ4v) is 5.23. The lowest BCUT2D eigenvalue weighted by atomic mass is 9.71. The zero-order valence-electron chi connectivity index (χ0n) is 13.6. The van der Waals surface area contributed by atoms with Gasteiger partial charge in [-0.05, 0) is 49.4 Å². The number of sulfonamides is 1. The Hall–Kier alpha value is -0.950. The first-order valence-electron chi connectivity index (χ1n) is 8.34. The second-order valence-electron chi connectivity index (χ2n) is 7.30. The fourth-order valence-electron chi connectivity index (χ4n) is 4.18. The largest absolute Gasteiger partial charge is 0.593 e. The minimum atomic E-state index is -3.24. The highest BCUT2D eigenvalue weighted by Gasteiger charge is 2.45. The number of hydrogen-bond donors (Lipinski definition) is 0. The van der Waals surface area contributed by atoms with E-state index in [4.69, 9.17) is 4.74 Å². The van der Waals surface area contributed by atoms with E-state index in [1.165, 1.54) is 11.8 Å². The minimum absolute atomic E-state index is 0.0819. The predicted molar refractivity (Wildman–Crippen MR) is 90.1 cm³/mol. The summed E-state index contributed by atoms with van der Waals surface area (Å²) >= 11 is 0. The van der Waals surface area contributed by atoms with Crippen molar-refractivity contribution in [1.82, 2.24) is 4.90 Å². The smallest absolute Gasteiger partial charge is 0.145 e. The summed E-state index contributed by atoms with van der Waals surface area (Å²) in [6.45, 7) is 4.43. The van der Waals surface area contributed by atoms with E-state index in [9.17, 15) is 8.76 Å². The third-order valence-electron chi connectivity index (χ3n) is 5.70. The van der Waals surface area contributed by atoms with Crippen LogP contribution in [0, 0.1) is 5.41 Å². The quantitative estimate of drug-likeness (QED) is 0.772. The molecule has 1 spiro atoms. The van der Waals surface area contributed by atoms with Crippen molar-refractivity contribution in [3.05, 3.63) is 29.8 Å². The zero-order valence-corrected chi connectivity index (χ0v) is 14.4. The van der Waals surface area contributed by atoms with Crippen LogP contribution in [-0.2, 0) is 25.8 Å². The molecule has 126 valence electrons. The van der Waals surface area contributed by atoms with Gasteiger partial charge in [0.15, 0.2) is 0 Å². The maximum absolute atomic E-state index is 12.3. The average Bonchev–Trinajstić information content (AvgIpc) is 2.46. The number of para-hydroxylation sites is 1. The summed E-state index contributed by atoms with van der Waals surface area (Å²) in [5.74, 6) is 0. The topological polar surface area (TPSA) is 55.8 Å². The lowest BCUT2D eigenvalue weighted by molar-refractivity contribution is -0.0809. The van der Waals surface area contributed by atoms with Crippen LogP contribution in [0.2, 0.25) is 0 Å². The van der Waals surface area contributed by atoms with Crippen molar-refractivity contribution in [3.8, 4) is 0 Å². The molecule has 1 aromatic rings. The van der Waals surface area contributed by atoms with Crippen LogP contribution >= 0.6 is 0 Å². The first-order valence-corrected chi connectivity index (χ1v) is 10.2. The van der Waals surface area contributed by atoms with Gasteiger partial charge in [-0.25, -0.2) is 0 Å². The van der Waals surface area contributed by atoms with Crippen molar-refractivity contribution < 1.29 is 13.5 Å². The summed E-state index contributed by atoms with van der Waals surface area (Å²) in [7, 11) is -3.24. The van der Waals surface area contributed by atoms with E-state index >= 15 is 0 Å². The molecule has 0 saturated carbocycles. The molecule has 0 aliphatic carbocycles. The molecular formula is C17H24N2O3S. The molecule has 3 aliphatic rings.